The molecule has 3 rings (SSSR count). The van der Waals surface area contributed by atoms with Gasteiger partial charge in [-0.05, 0) is 74.3 Å². The third-order valence-corrected chi connectivity index (χ3v) is 6.90. The Morgan fingerprint density at radius 2 is 1.76 bits per heavy atom. The van der Waals surface area contributed by atoms with Crippen molar-refractivity contribution in [2.45, 2.75) is 105 Å². The molecule has 38 heavy (non-hydrogen) atoms. The summed E-state index contributed by atoms with van der Waals surface area (Å²) in [7, 11) is 0. The first kappa shape index (κ1) is 16.0. The number of urea groups is 1. The topological polar surface area (TPSA) is 139 Å². The molecule has 9 heteroatoms. The van der Waals surface area contributed by atoms with Crippen molar-refractivity contribution in [3.63, 3.8) is 0 Å². The molecule has 5 atom stereocenters. The summed E-state index contributed by atoms with van der Waals surface area (Å²) in [6.45, 7) is 3.37. The molecule has 9 nitrogen and oxygen atoms in total. The van der Waals surface area contributed by atoms with E-state index in [2.05, 4.69) is 10.6 Å². The number of nitrogens with two attached hydrogens (primary N) is 1. The number of nitrogens with one attached hydrogen (secondary N) is 2. The maximum atomic E-state index is 14.5. The maximum absolute atomic E-state index is 14.5. The average molecular weight is 547 g/mol. The second kappa shape index (κ2) is 10.3. The highest BCUT2D eigenvalue weighted by atomic mass is 16.2. The summed E-state index contributed by atoms with van der Waals surface area (Å²) in [4.78, 5) is 68.1. The van der Waals surface area contributed by atoms with Gasteiger partial charge in [0, 0.05) is 43.6 Å². The van der Waals surface area contributed by atoms with E-state index in [1.807, 2.05) is 0 Å². The Labute approximate surface area is 247 Å². The number of ketones is 2. The minimum Gasteiger partial charge on any atom is -0.363 e. The van der Waals surface area contributed by atoms with Crippen molar-refractivity contribution >= 4 is 29.4 Å². The first-order valence-corrected chi connectivity index (χ1v) is 12.5. The molecule has 3 aliphatic rings. The van der Waals surface area contributed by atoms with Gasteiger partial charge < -0.3 is 21.3 Å². The third kappa shape index (κ3) is 6.40. The summed E-state index contributed by atoms with van der Waals surface area (Å²) >= 11 is 0. The lowest BCUT2D eigenvalue weighted by atomic mass is 9.70. The molecule has 0 aromatic heterocycles. The van der Waals surface area contributed by atoms with Gasteiger partial charge in [0.1, 0.15) is 6.04 Å². The lowest BCUT2D eigenvalue weighted by Crippen LogP contribution is -2.60. The number of piperidine rings is 1. The normalized spacial score (nSPS) is 42.4. The van der Waals surface area contributed by atoms with Gasteiger partial charge in [-0.1, -0.05) is 41.4 Å². The van der Waals surface area contributed by atoms with E-state index in [1.165, 1.54) is 0 Å². The van der Waals surface area contributed by atoms with Crippen molar-refractivity contribution < 1.29 is 43.2 Å². The molecule has 0 aromatic carbocycles. The van der Waals surface area contributed by atoms with E-state index in [4.69, 9.17) is 24.9 Å². The number of carbonyl (C=O) groups excluding carboxylic acids is 5. The van der Waals surface area contributed by atoms with Crippen molar-refractivity contribution in [3.8, 4) is 0 Å². The summed E-state index contributed by atoms with van der Waals surface area (Å²) in [6, 6.07) is -4.22. The summed E-state index contributed by atoms with van der Waals surface area (Å²) in [5.74, 6) is -18.0. The van der Waals surface area contributed by atoms with E-state index in [0.29, 0.717) is 0 Å². The quantitative estimate of drug-likeness (QED) is 0.382. The summed E-state index contributed by atoms with van der Waals surface area (Å²) in [5, 5.41) is 5.17. The van der Waals surface area contributed by atoms with Crippen molar-refractivity contribution in [1.29, 1.82) is 0 Å². The Bertz CT molecular complexity index is 1500. The zero-order valence-electron chi connectivity index (χ0n) is 36.9. The molecule has 3 fully saturated rings. The second-order valence-electron chi connectivity index (χ2n) is 12.4. The van der Waals surface area contributed by atoms with Crippen molar-refractivity contribution in [2.75, 3.05) is 6.54 Å². The van der Waals surface area contributed by atoms with Crippen LogP contribution in [0.1, 0.15) is 107 Å². The molecule has 0 spiro atoms. The number of Topliss-reactive ketones (excluding diaryl/α,β-unsaturated/α-hetero) is 2. The number of hydrogen-bond acceptors (Lipinski definition) is 5. The number of carbonyl (C=O) groups is 5. The Morgan fingerprint density at radius 3 is 2.26 bits per heavy atom. The number of primary amides is 1. The van der Waals surface area contributed by atoms with Gasteiger partial charge in [0.25, 0.3) is 5.91 Å². The van der Waals surface area contributed by atoms with Crippen LogP contribution < -0.4 is 16.4 Å². The van der Waals surface area contributed by atoms with E-state index >= 15 is 0 Å². The van der Waals surface area contributed by atoms with Gasteiger partial charge in [-0.2, -0.15) is 0 Å². The zero-order valence-corrected chi connectivity index (χ0v) is 22.9. The van der Waals surface area contributed by atoms with Crippen LogP contribution in [-0.4, -0.2) is 58.5 Å². The molecule has 0 radical (unpaired) electrons. The standard InChI is InChI=1S/C29H48N4O5/c1-15-10-16(11-15)12-17(22(35)24(30)36)13-19(34)21-20-18(29(20,8)9)14-33(21)25(37)23(27(2,3)4)31-26(38)32-28(5,6)7/h15-18,20-21,23H,10-14H2,1-9H3,(H2,30,36)(H2,31,32,38)/t15?,16?,17?,18-,20-,21+,23+/m0/s1/i8D3,9D3,10D2,11D2,12D2,15D,16D. The highest BCUT2D eigenvalue weighted by Crippen LogP contribution is 2.65. The molecule has 214 valence electrons. The fraction of sp³-hybridized carbons (Fsp3) is 0.828. The fourth-order valence-electron chi connectivity index (χ4n) is 4.98. The number of amides is 4. The van der Waals surface area contributed by atoms with E-state index < -0.39 is 133 Å². The number of nitrogens with zero attached hydrogens (tertiary/aromatic N) is 1. The molecule has 4 amide bonds. The Balaban J connectivity index is 2.21. The Kier molecular flexibility index (Phi) is 4.31. The molecule has 1 aliphatic heterocycles. The number of hydrogen-bond donors (Lipinski definition) is 3. The van der Waals surface area contributed by atoms with Crippen molar-refractivity contribution in [3.05, 3.63) is 0 Å². The Hall–Kier alpha value is -2.45. The first-order chi connectivity index (χ1) is 22.7. The van der Waals surface area contributed by atoms with Gasteiger partial charge in [-0.15, -0.1) is 0 Å². The molecular formula is C29H48N4O5. The van der Waals surface area contributed by atoms with Gasteiger partial charge >= 0.3 is 6.03 Å². The number of likely N-dealkylation sites (tertiary alicyclic amines) is 1. The Morgan fingerprint density at radius 1 is 1.16 bits per heavy atom. The molecule has 1 unspecified atom stereocenters. The lowest BCUT2D eigenvalue weighted by Gasteiger charge is -2.38. The number of fused-ring (bicyclic) bond motifs is 1. The zero-order chi connectivity index (χ0) is 41.2. The summed E-state index contributed by atoms with van der Waals surface area (Å²) in [5.41, 5.74) is 0.789. The van der Waals surface area contributed by atoms with E-state index in [-0.39, 0.29) is 0 Å². The van der Waals surface area contributed by atoms with Crippen LogP contribution in [0.15, 0.2) is 0 Å². The van der Waals surface area contributed by atoms with Crippen LogP contribution in [0.3, 0.4) is 0 Å². The van der Waals surface area contributed by atoms with Gasteiger partial charge in [0.2, 0.25) is 11.7 Å². The molecule has 1 heterocycles. The maximum Gasteiger partial charge on any atom is 0.315 e. The highest BCUT2D eigenvalue weighted by Gasteiger charge is 2.69. The number of rotatable bonds is 9. The molecule has 2 aliphatic carbocycles. The van der Waals surface area contributed by atoms with Gasteiger partial charge in [-0.3, -0.25) is 19.2 Å². The molecule has 0 bridgehead atoms. The fourth-order valence-corrected chi connectivity index (χ4v) is 4.98. The van der Waals surface area contributed by atoms with Crippen LogP contribution in [0.5, 0.6) is 0 Å². The average Bonchev–Trinajstić information content (AvgIpc) is 3.45. The second-order valence-corrected chi connectivity index (χ2v) is 12.4. The monoisotopic (exact) mass is 546 g/mol. The van der Waals surface area contributed by atoms with Crippen LogP contribution in [-0.2, 0) is 19.2 Å². The molecule has 1 saturated heterocycles. The minimum absolute atomic E-state index is 0.627. The van der Waals surface area contributed by atoms with E-state index in [0.717, 1.165) is 11.8 Å². The SMILES string of the molecule is [2H]C([2H])([2H])C1(C([2H])([2H])[2H])[C@@H]2[C@@H](C(=O)CC(C(=O)C(N)=O)C([2H])([2H])C3([2H])C([2H])([2H])C([2H])(C)C3([2H])[2H])N(C(=O)[C@@H](NC(=O)NC(C)(C)C)C(C)(C)C)C[C@@H]21. The van der Waals surface area contributed by atoms with Crippen molar-refractivity contribution in [2.24, 2.45) is 46.1 Å². The van der Waals surface area contributed by atoms with Crippen LogP contribution in [0.2, 0.25) is 0 Å². The summed E-state index contributed by atoms with van der Waals surface area (Å²) < 4.78 is 117. The van der Waals surface area contributed by atoms with E-state index in [9.17, 15) is 24.0 Å². The molecular weight excluding hydrogens is 484 g/mol. The third-order valence-electron chi connectivity index (χ3n) is 6.90. The van der Waals surface area contributed by atoms with Gasteiger partial charge in [0.15, 0.2) is 5.78 Å². The van der Waals surface area contributed by atoms with Crippen molar-refractivity contribution in [1.82, 2.24) is 15.5 Å². The molecule has 2 saturated carbocycles. The predicted molar refractivity (Wildman–Crippen MR) is 145 cm³/mol. The van der Waals surface area contributed by atoms with E-state index in [1.54, 1.807) is 41.5 Å². The van der Waals surface area contributed by atoms with Crippen LogP contribution >= 0.6 is 0 Å². The smallest absolute Gasteiger partial charge is 0.315 e. The minimum atomic E-state index is -3.76. The molecule has 0 aromatic rings. The summed E-state index contributed by atoms with van der Waals surface area (Å²) in [6.07, 6.45) is -11.9. The predicted octanol–water partition coefficient (Wildman–Crippen LogP) is 3.05. The van der Waals surface area contributed by atoms with Crippen LogP contribution in [0.25, 0.3) is 0 Å². The lowest BCUT2D eigenvalue weighted by molar-refractivity contribution is -0.144. The van der Waals surface area contributed by atoms with Crippen LogP contribution in [0, 0.1) is 40.4 Å². The molecule has 4 N–H and O–H groups in total. The van der Waals surface area contributed by atoms with Gasteiger partial charge in [0.05, 0.1) is 6.04 Å². The highest BCUT2D eigenvalue weighted by molar-refractivity contribution is 6.36. The largest absolute Gasteiger partial charge is 0.363 e. The van der Waals surface area contributed by atoms with Gasteiger partial charge in [-0.25, -0.2) is 4.79 Å². The van der Waals surface area contributed by atoms with Crippen LogP contribution in [0.4, 0.5) is 4.79 Å². The first-order valence-electron chi connectivity index (χ1n) is 19.5.